The van der Waals surface area contributed by atoms with Crippen molar-refractivity contribution in [3.8, 4) is 5.75 Å². The molecule has 0 N–H and O–H groups in total. The number of hydrogen-bond acceptors (Lipinski definition) is 3. The summed E-state index contributed by atoms with van der Waals surface area (Å²) >= 11 is 9.76. The number of ether oxygens (including phenoxy) is 1. The maximum atomic E-state index is 12.5. The number of nitrogens with zero attached hydrogens (tertiary/aromatic N) is 2. The van der Waals surface area contributed by atoms with E-state index < -0.39 is 0 Å². The fourth-order valence-electron chi connectivity index (χ4n) is 3.18. The van der Waals surface area contributed by atoms with Crippen LogP contribution >= 0.6 is 27.5 Å². The molecule has 3 rings (SSSR count). The van der Waals surface area contributed by atoms with Crippen LogP contribution in [0.3, 0.4) is 0 Å². The molecule has 1 fully saturated rings. The van der Waals surface area contributed by atoms with Crippen molar-refractivity contribution in [2.45, 2.75) is 12.8 Å². The van der Waals surface area contributed by atoms with Gasteiger partial charge in [0, 0.05) is 32.6 Å². The van der Waals surface area contributed by atoms with Crippen molar-refractivity contribution in [1.82, 2.24) is 4.90 Å². The Morgan fingerprint density at radius 1 is 1.15 bits per heavy atom. The first-order valence-corrected chi connectivity index (χ1v) is 9.85. The van der Waals surface area contributed by atoms with Gasteiger partial charge in [-0.25, -0.2) is 0 Å². The zero-order valence-electron chi connectivity index (χ0n) is 14.8. The molecule has 1 aliphatic rings. The maximum Gasteiger partial charge on any atom is 0.223 e. The minimum atomic E-state index is 0.204. The predicted molar refractivity (Wildman–Crippen MR) is 109 cm³/mol. The van der Waals surface area contributed by atoms with E-state index in [0.717, 1.165) is 59.1 Å². The van der Waals surface area contributed by atoms with Crippen molar-refractivity contribution < 1.29 is 9.53 Å². The molecule has 1 amide bonds. The Bertz CT molecular complexity index is 776. The molecular formula is C20H22BrClN2O2. The van der Waals surface area contributed by atoms with Crippen molar-refractivity contribution >= 4 is 39.1 Å². The third kappa shape index (κ3) is 4.51. The highest BCUT2D eigenvalue weighted by molar-refractivity contribution is 9.10. The van der Waals surface area contributed by atoms with Crippen LogP contribution in [0.1, 0.15) is 12.0 Å². The van der Waals surface area contributed by atoms with Crippen molar-refractivity contribution in [2.24, 2.45) is 0 Å². The minimum Gasteiger partial charge on any atom is -0.496 e. The molecular weight excluding hydrogens is 416 g/mol. The first-order valence-electron chi connectivity index (χ1n) is 8.68. The molecule has 1 aliphatic heterocycles. The number of anilines is 1. The van der Waals surface area contributed by atoms with Gasteiger partial charge >= 0.3 is 0 Å². The topological polar surface area (TPSA) is 32.8 Å². The molecule has 0 saturated carbocycles. The van der Waals surface area contributed by atoms with Gasteiger partial charge in [-0.1, -0.05) is 29.8 Å². The van der Waals surface area contributed by atoms with Gasteiger partial charge in [0.05, 0.1) is 22.3 Å². The summed E-state index contributed by atoms with van der Waals surface area (Å²) in [5.74, 6) is 1.01. The van der Waals surface area contributed by atoms with E-state index in [1.54, 1.807) is 7.11 Å². The fraction of sp³-hybridized carbons (Fsp3) is 0.350. The van der Waals surface area contributed by atoms with Gasteiger partial charge in [0.15, 0.2) is 0 Å². The molecule has 1 heterocycles. The molecule has 4 nitrogen and oxygen atoms in total. The van der Waals surface area contributed by atoms with Crippen LogP contribution in [0.5, 0.6) is 5.75 Å². The second-order valence-corrected chi connectivity index (χ2v) is 7.55. The molecule has 0 aliphatic carbocycles. The van der Waals surface area contributed by atoms with Crippen LogP contribution in [0.15, 0.2) is 46.9 Å². The first-order chi connectivity index (χ1) is 12.6. The lowest BCUT2D eigenvalue weighted by molar-refractivity contribution is -0.131. The van der Waals surface area contributed by atoms with Crippen LogP contribution in [0.25, 0.3) is 0 Å². The normalized spacial score (nSPS) is 14.4. The Hall–Kier alpha value is -1.72. The summed E-state index contributed by atoms with van der Waals surface area (Å²) < 4.78 is 6.15. The fourth-order valence-corrected chi connectivity index (χ4v) is 4.02. The number of hydrogen-bond donors (Lipinski definition) is 0. The lowest BCUT2D eigenvalue weighted by Crippen LogP contribution is -2.48. The van der Waals surface area contributed by atoms with Gasteiger partial charge in [-0.2, -0.15) is 0 Å². The van der Waals surface area contributed by atoms with E-state index in [2.05, 4.69) is 20.8 Å². The van der Waals surface area contributed by atoms with E-state index >= 15 is 0 Å². The number of aryl methyl sites for hydroxylation is 1. The lowest BCUT2D eigenvalue weighted by Gasteiger charge is -2.36. The van der Waals surface area contributed by atoms with Crippen LogP contribution < -0.4 is 9.64 Å². The van der Waals surface area contributed by atoms with Gasteiger partial charge < -0.3 is 14.5 Å². The average molecular weight is 438 g/mol. The summed E-state index contributed by atoms with van der Waals surface area (Å²) in [7, 11) is 1.64. The van der Waals surface area contributed by atoms with Crippen molar-refractivity contribution in [1.29, 1.82) is 0 Å². The van der Waals surface area contributed by atoms with Gasteiger partial charge in [0.25, 0.3) is 0 Å². The number of para-hydroxylation sites is 1. The Kier molecular flexibility index (Phi) is 6.43. The van der Waals surface area contributed by atoms with Gasteiger partial charge in [0.1, 0.15) is 5.75 Å². The van der Waals surface area contributed by atoms with Crippen LogP contribution in [0, 0.1) is 0 Å². The third-order valence-electron chi connectivity index (χ3n) is 4.67. The number of rotatable bonds is 5. The molecule has 2 aromatic carbocycles. The van der Waals surface area contributed by atoms with Crippen LogP contribution in [0.4, 0.5) is 5.69 Å². The van der Waals surface area contributed by atoms with E-state index in [-0.39, 0.29) is 5.91 Å². The maximum absolute atomic E-state index is 12.5. The minimum absolute atomic E-state index is 0.204. The van der Waals surface area contributed by atoms with Gasteiger partial charge in [0.2, 0.25) is 5.91 Å². The Morgan fingerprint density at radius 3 is 2.54 bits per heavy atom. The molecule has 138 valence electrons. The van der Waals surface area contributed by atoms with Gasteiger partial charge in [-0.15, -0.1) is 0 Å². The number of carbonyl (C=O) groups excluding carboxylic acids is 1. The number of carbonyl (C=O) groups is 1. The number of piperazine rings is 1. The van der Waals surface area contributed by atoms with Gasteiger partial charge in [-0.05, 0) is 52.2 Å². The number of benzene rings is 2. The molecule has 2 aromatic rings. The highest BCUT2D eigenvalue weighted by Crippen LogP contribution is 2.27. The predicted octanol–water partition coefficient (Wildman–Crippen LogP) is 4.39. The van der Waals surface area contributed by atoms with Crippen molar-refractivity contribution in [3.05, 3.63) is 57.5 Å². The highest BCUT2D eigenvalue weighted by Gasteiger charge is 2.22. The lowest BCUT2D eigenvalue weighted by atomic mass is 10.1. The first kappa shape index (κ1) is 19.1. The number of methoxy groups -OCH3 is 1. The standard InChI is InChI=1S/C20H22BrClN2O2/c1-26-19-8-6-15(14-16(19)21)7-9-20(25)24-12-10-23(11-13-24)18-5-3-2-4-17(18)22/h2-6,8,14H,7,9-13H2,1H3. The Labute approximate surface area is 167 Å². The Morgan fingerprint density at radius 2 is 1.88 bits per heavy atom. The SMILES string of the molecule is COc1ccc(CCC(=O)N2CCN(c3ccccc3Cl)CC2)cc1Br. The summed E-state index contributed by atoms with van der Waals surface area (Å²) in [6.45, 7) is 3.08. The second-order valence-electron chi connectivity index (χ2n) is 6.29. The monoisotopic (exact) mass is 436 g/mol. The summed E-state index contributed by atoms with van der Waals surface area (Å²) in [6.07, 6.45) is 1.25. The summed E-state index contributed by atoms with van der Waals surface area (Å²) in [6, 6.07) is 13.8. The molecule has 0 bridgehead atoms. The van der Waals surface area contributed by atoms with Gasteiger partial charge in [-0.3, -0.25) is 4.79 Å². The number of amides is 1. The third-order valence-corrected chi connectivity index (χ3v) is 5.61. The van der Waals surface area contributed by atoms with E-state index in [1.165, 1.54) is 0 Å². The quantitative estimate of drug-likeness (QED) is 0.695. The summed E-state index contributed by atoms with van der Waals surface area (Å²) in [4.78, 5) is 16.7. The molecule has 0 unspecified atom stereocenters. The van der Waals surface area contributed by atoms with Crippen LogP contribution in [0.2, 0.25) is 5.02 Å². The van der Waals surface area contributed by atoms with Crippen LogP contribution in [-0.2, 0) is 11.2 Å². The van der Waals surface area contributed by atoms with E-state index in [0.29, 0.717) is 6.42 Å². The molecule has 0 aromatic heterocycles. The van der Waals surface area contributed by atoms with E-state index in [1.807, 2.05) is 47.4 Å². The number of halogens is 2. The van der Waals surface area contributed by atoms with Crippen LogP contribution in [-0.4, -0.2) is 44.1 Å². The molecule has 0 spiro atoms. The zero-order chi connectivity index (χ0) is 18.5. The molecule has 1 saturated heterocycles. The molecule has 26 heavy (non-hydrogen) atoms. The van der Waals surface area contributed by atoms with E-state index in [9.17, 15) is 4.79 Å². The molecule has 0 atom stereocenters. The summed E-state index contributed by atoms with van der Waals surface area (Å²) in [5.41, 5.74) is 2.17. The smallest absolute Gasteiger partial charge is 0.223 e. The zero-order valence-corrected chi connectivity index (χ0v) is 17.1. The summed E-state index contributed by atoms with van der Waals surface area (Å²) in [5, 5.41) is 0.761. The largest absolute Gasteiger partial charge is 0.496 e. The van der Waals surface area contributed by atoms with Crippen molar-refractivity contribution in [3.63, 3.8) is 0 Å². The molecule has 0 radical (unpaired) electrons. The Balaban J connectivity index is 1.51. The van der Waals surface area contributed by atoms with Crippen molar-refractivity contribution in [2.75, 3.05) is 38.2 Å². The van der Waals surface area contributed by atoms with E-state index in [4.69, 9.17) is 16.3 Å². The molecule has 6 heteroatoms. The highest BCUT2D eigenvalue weighted by atomic mass is 79.9. The second kappa shape index (κ2) is 8.78. The average Bonchev–Trinajstić information content (AvgIpc) is 2.67.